The van der Waals surface area contributed by atoms with E-state index in [0.717, 1.165) is 22.4 Å². The number of halogens is 1. The molecule has 2 atom stereocenters. The monoisotopic (exact) mass is 315 g/mol. The van der Waals surface area contributed by atoms with E-state index in [4.69, 9.17) is 17.3 Å². The van der Waals surface area contributed by atoms with Gasteiger partial charge in [-0.2, -0.15) is 0 Å². The van der Waals surface area contributed by atoms with E-state index >= 15 is 0 Å². The minimum absolute atomic E-state index is 0.372. The molecule has 0 saturated carbocycles. The Hall–Kier alpha value is -1.88. The van der Waals surface area contributed by atoms with Crippen molar-refractivity contribution in [1.82, 2.24) is 9.55 Å². The number of nitrogens with two attached hydrogens (primary N) is 1. The fourth-order valence-electron chi connectivity index (χ4n) is 2.61. The lowest BCUT2D eigenvalue weighted by Gasteiger charge is -2.16. The smallest absolute Gasteiger partial charge is 0.131 e. The van der Waals surface area contributed by atoms with Crippen LogP contribution in [0, 0.1) is 0 Å². The molecule has 0 aliphatic heterocycles. The predicted octanol–water partition coefficient (Wildman–Crippen LogP) is 3.12. The van der Waals surface area contributed by atoms with Crippen LogP contribution >= 0.6 is 11.6 Å². The molecule has 0 saturated heterocycles. The topological polar surface area (TPSA) is 64.1 Å². The van der Waals surface area contributed by atoms with Crippen molar-refractivity contribution in [2.24, 2.45) is 5.73 Å². The third-order valence-electron chi connectivity index (χ3n) is 3.64. The molecule has 1 aromatic heterocycles. The van der Waals surface area contributed by atoms with Crippen LogP contribution in [-0.4, -0.2) is 20.8 Å². The lowest BCUT2D eigenvalue weighted by molar-refractivity contribution is 0.173. The Labute approximate surface area is 134 Å². The van der Waals surface area contributed by atoms with Crippen LogP contribution in [0.5, 0.6) is 0 Å². The first-order valence-corrected chi connectivity index (χ1v) is 7.58. The number of hydrogen-bond donors (Lipinski definition) is 2. The summed E-state index contributed by atoms with van der Waals surface area (Å²) in [4.78, 5) is 4.66. The van der Waals surface area contributed by atoms with Crippen molar-refractivity contribution in [2.75, 3.05) is 0 Å². The molecule has 0 fully saturated rings. The number of nitrogens with zero attached hydrogens (tertiary/aromatic N) is 2. The lowest BCUT2D eigenvalue weighted by atomic mass is 10.1. The van der Waals surface area contributed by atoms with Gasteiger partial charge in [0.15, 0.2) is 0 Å². The van der Waals surface area contributed by atoms with E-state index in [9.17, 15) is 5.11 Å². The summed E-state index contributed by atoms with van der Waals surface area (Å²) >= 11 is 5.93. The second-order valence-corrected chi connectivity index (χ2v) is 5.88. The number of benzene rings is 2. The summed E-state index contributed by atoms with van der Waals surface area (Å²) in [6, 6.07) is 14.9. The molecule has 4 nitrogen and oxygen atoms in total. The Morgan fingerprint density at radius 2 is 1.86 bits per heavy atom. The van der Waals surface area contributed by atoms with E-state index in [1.54, 1.807) is 6.92 Å². The summed E-state index contributed by atoms with van der Waals surface area (Å²) in [5.41, 5.74) is 9.19. The van der Waals surface area contributed by atoms with Crippen molar-refractivity contribution < 1.29 is 5.11 Å². The minimum atomic E-state index is -0.478. The van der Waals surface area contributed by atoms with Gasteiger partial charge in [0.05, 0.1) is 29.7 Å². The van der Waals surface area contributed by atoms with Gasteiger partial charge in [0, 0.05) is 5.02 Å². The molecular weight excluding hydrogens is 298 g/mol. The first-order chi connectivity index (χ1) is 10.6. The number of aromatic nitrogens is 2. The summed E-state index contributed by atoms with van der Waals surface area (Å²) in [5, 5.41) is 10.5. The van der Waals surface area contributed by atoms with Crippen LogP contribution in [0.3, 0.4) is 0 Å². The Morgan fingerprint density at radius 1 is 1.18 bits per heavy atom. The SMILES string of the molecule is CC(O)Cn1c(C(N)c2ccc(Cl)cc2)nc2ccccc21. The average molecular weight is 316 g/mol. The third-order valence-corrected chi connectivity index (χ3v) is 3.89. The Kier molecular flexibility index (Phi) is 4.16. The summed E-state index contributed by atoms with van der Waals surface area (Å²) in [6.45, 7) is 2.21. The summed E-state index contributed by atoms with van der Waals surface area (Å²) in [6.07, 6.45) is -0.478. The van der Waals surface area contributed by atoms with Crippen molar-refractivity contribution >= 4 is 22.6 Å². The molecule has 0 aliphatic rings. The highest BCUT2D eigenvalue weighted by Crippen LogP contribution is 2.25. The lowest BCUT2D eigenvalue weighted by Crippen LogP contribution is -2.21. The highest BCUT2D eigenvalue weighted by molar-refractivity contribution is 6.30. The zero-order chi connectivity index (χ0) is 15.7. The summed E-state index contributed by atoms with van der Waals surface area (Å²) in [7, 11) is 0. The van der Waals surface area contributed by atoms with E-state index in [-0.39, 0.29) is 6.04 Å². The molecule has 0 bridgehead atoms. The molecule has 3 N–H and O–H groups in total. The molecule has 0 radical (unpaired) electrons. The summed E-state index contributed by atoms with van der Waals surface area (Å²) < 4.78 is 1.99. The molecule has 1 heterocycles. The number of fused-ring (bicyclic) bond motifs is 1. The van der Waals surface area contributed by atoms with Crippen molar-refractivity contribution in [2.45, 2.75) is 25.6 Å². The average Bonchev–Trinajstić information content (AvgIpc) is 2.86. The van der Waals surface area contributed by atoms with Gasteiger partial charge in [-0.3, -0.25) is 0 Å². The van der Waals surface area contributed by atoms with E-state index in [0.29, 0.717) is 11.6 Å². The highest BCUT2D eigenvalue weighted by Gasteiger charge is 2.19. The van der Waals surface area contributed by atoms with Gasteiger partial charge in [0.2, 0.25) is 0 Å². The molecule has 3 rings (SSSR count). The summed E-state index contributed by atoms with van der Waals surface area (Å²) in [5.74, 6) is 0.740. The maximum Gasteiger partial charge on any atom is 0.131 e. The number of rotatable bonds is 4. The molecular formula is C17H18ClN3O. The first-order valence-electron chi connectivity index (χ1n) is 7.20. The number of para-hydroxylation sites is 2. The van der Waals surface area contributed by atoms with Gasteiger partial charge in [0.25, 0.3) is 0 Å². The molecule has 22 heavy (non-hydrogen) atoms. The third kappa shape index (κ3) is 2.86. The molecule has 0 aliphatic carbocycles. The maximum absolute atomic E-state index is 9.79. The normalized spacial score (nSPS) is 14.2. The zero-order valence-electron chi connectivity index (χ0n) is 12.3. The van der Waals surface area contributed by atoms with Crippen LogP contribution in [0.25, 0.3) is 11.0 Å². The van der Waals surface area contributed by atoms with E-state index in [2.05, 4.69) is 4.98 Å². The molecule has 114 valence electrons. The van der Waals surface area contributed by atoms with Crippen LogP contribution in [0.2, 0.25) is 5.02 Å². The number of hydrogen-bond acceptors (Lipinski definition) is 3. The van der Waals surface area contributed by atoms with Crippen LogP contribution in [0.15, 0.2) is 48.5 Å². The molecule has 5 heteroatoms. The number of aliphatic hydroxyl groups is 1. The second-order valence-electron chi connectivity index (χ2n) is 5.45. The Bertz CT molecular complexity index is 780. The van der Waals surface area contributed by atoms with Gasteiger partial charge in [-0.25, -0.2) is 4.98 Å². The Balaban J connectivity index is 2.10. The quantitative estimate of drug-likeness (QED) is 0.777. The standard InChI is InChI=1S/C17H18ClN3O/c1-11(22)10-21-15-5-3-2-4-14(15)20-17(21)16(19)12-6-8-13(18)9-7-12/h2-9,11,16,22H,10,19H2,1H3. The number of imidazole rings is 1. The molecule has 2 unspecified atom stereocenters. The molecule has 3 aromatic rings. The zero-order valence-corrected chi connectivity index (χ0v) is 13.0. The van der Waals surface area contributed by atoms with Crippen molar-refractivity contribution in [3.8, 4) is 0 Å². The van der Waals surface area contributed by atoms with Gasteiger partial charge in [-0.05, 0) is 36.8 Å². The van der Waals surface area contributed by atoms with Crippen LogP contribution in [0.4, 0.5) is 0 Å². The van der Waals surface area contributed by atoms with Crippen molar-refractivity contribution in [3.05, 3.63) is 64.9 Å². The number of aliphatic hydroxyl groups excluding tert-OH is 1. The van der Waals surface area contributed by atoms with Crippen LogP contribution in [-0.2, 0) is 6.54 Å². The first kappa shape index (κ1) is 15.0. The van der Waals surface area contributed by atoms with Crippen molar-refractivity contribution in [3.63, 3.8) is 0 Å². The predicted molar refractivity (Wildman–Crippen MR) is 88.9 cm³/mol. The molecule has 0 spiro atoms. The van der Waals surface area contributed by atoms with Gasteiger partial charge in [0.1, 0.15) is 5.82 Å². The van der Waals surface area contributed by atoms with Crippen LogP contribution < -0.4 is 5.73 Å². The van der Waals surface area contributed by atoms with Gasteiger partial charge in [-0.1, -0.05) is 35.9 Å². The van der Waals surface area contributed by atoms with E-state index < -0.39 is 6.10 Å². The highest BCUT2D eigenvalue weighted by atomic mass is 35.5. The van der Waals surface area contributed by atoms with Gasteiger partial charge >= 0.3 is 0 Å². The van der Waals surface area contributed by atoms with Crippen molar-refractivity contribution in [1.29, 1.82) is 0 Å². The fraction of sp³-hybridized carbons (Fsp3) is 0.235. The minimum Gasteiger partial charge on any atom is -0.392 e. The van der Waals surface area contributed by atoms with E-state index in [1.807, 2.05) is 53.1 Å². The molecule has 0 amide bonds. The maximum atomic E-state index is 9.79. The van der Waals surface area contributed by atoms with Crippen LogP contribution in [0.1, 0.15) is 24.4 Å². The Morgan fingerprint density at radius 3 is 2.55 bits per heavy atom. The fourth-order valence-corrected chi connectivity index (χ4v) is 2.73. The van der Waals surface area contributed by atoms with E-state index in [1.165, 1.54) is 0 Å². The van der Waals surface area contributed by atoms with Gasteiger partial charge < -0.3 is 15.4 Å². The second kappa shape index (κ2) is 6.08. The largest absolute Gasteiger partial charge is 0.392 e. The molecule has 2 aromatic carbocycles. The van der Waals surface area contributed by atoms with Gasteiger partial charge in [-0.15, -0.1) is 0 Å².